The summed E-state index contributed by atoms with van der Waals surface area (Å²) in [5, 5.41) is 2.47. The molecule has 0 aliphatic carbocycles. The van der Waals surface area contributed by atoms with Gasteiger partial charge < -0.3 is 5.32 Å². The summed E-state index contributed by atoms with van der Waals surface area (Å²) in [6.45, 7) is 1.83. The van der Waals surface area contributed by atoms with Crippen molar-refractivity contribution in [1.29, 1.82) is 0 Å². The third-order valence-electron chi connectivity index (χ3n) is 4.25. The summed E-state index contributed by atoms with van der Waals surface area (Å²) in [6, 6.07) is 17.2. The van der Waals surface area contributed by atoms with E-state index in [9.17, 15) is 17.6 Å². The van der Waals surface area contributed by atoms with E-state index in [1.165, 1.54) is 24.3 Å². The Balaban J connectivity index is 1.81. The van der Waals surface area contributed by atoms with Crippen LogP contribution in [0, 0.1) is 12.7 Å². The highest BCUT2D eigenvalue weighted by Crippen LogP contribution is 2.21. The fraction of sp³-hybridized carbons (Fsp3) is 0.0952. The molecule has 0 radical (unpaired) electrons. The van der Waals surface area contributed by atoms with Crippen LogP contribution >= 0.6 is 11.6 Å². The van der Waals surface area contributed by atoms with Crippen LogP contribution in [-0.4, -0.2) is 14.3 Å². The largest absolute Gasteiger partial charge is 0.322 e. The average Bonchev–Trinajstić information content (AvgIpc) is 2.70. The van der Waals surface area contributed by atoms with E-state index in [1.54, 1.807) is 13.0 Å². The molecule has 0 saturated carbocycles. The molecule has 0 unspecified atom stereocenters. The Morgan fingerprint density at radius 2 is 1.76 bits per heavy atom. The Labute approximate surface area is 173 Å². The molecule has 29 heavy (non-hydrogen) atoms. The molecule has 0 aromatic heterocycles. The molecule has 0 heterocycles. The Kier molecular flexibility index (Phi) is 6.32. The molecule has 0 saturated heterocycles. The number of sulfonamides is 1. The van der Waals surface area contributed by atoms with Gasteiger partial charge in [-0.25, -0.2) is 17.5 Å². The van der Waals surface area contributed by atoms with E-state index < -0.39 is 21.7 Å². The molecule has 0 aliphatic rings. The molecule has 2 N–H and O–H groups in total. The fourth-order valence-electron chi connectivity index (χ4n) is 2.64. The van der Waals surface area contributed by atoms with E-state index in [0.717, 1.165) is 11.6 Å². The maximum atomic E-state index is 13.3. The lowest BCUT2D eigenvalue weighted by Gasteiger charge is -2.12. The Morgan fingerprint density at radius 1 is 1.03 bits per heavy atom. The van der Waals surface area contributed by atoms with Gasteiger partial charge in [-0.2, -0.15) is 0 Å². The van der Waals surface area contributed by atoms with Gasteiger partial charge in [0.1, 0.15) is 5.82 Å². The second-order valence-electron chi connectivity index (χ2n) is 6.37. The molecule has 150 valence electrons. The number of aryl methyl sites for hydroxylation is 1. The third-order valence-corrected chi connectivity index (χ3v) is 5.94. The summed E-state index contributed by atoms with van der Waals surface area (Å²) in [6.07, 6.45) is 0. The lowest BCUT2D eigenvalue weighted by molar-refractivity contribution is 0.102. The summed E-state index contributed by atoms with van der Waals surface area (Å²) in [7, 11) is -3.82. The van der Waals surface area contributed by atoms with Crippen LogP contribution in [-0.2, 0) is 16.6 Å². The molecular weight excluding hydrogens is 415 g/mol. The molecule has 0 spiro atoms. The zero-order valence-electron chi connectivity index (χ0n) is 15.4. The van der Waals surface area contributed by atoms with Crippen LogP contribution in [0.2, 0.25) is 5.02 Å². The van der Waals surface area contributed by atoms with Crippen LogP contribution < -0.4 is 10.0 Å². The van der Waals surface area contributed by atoms with Gasteiger partial charge in [0, 0.05) is 17.8 Å². The molecular formula is C21H18ClFN2O3S. The number of halogens is 2. The van der Waals surface area contributed by atoms with E-state index >= 15 is 0 Å². The molecule has 5 nitrogen and oxygen atoms in total. The Morgan fingerprint density at radius 3 is 2.45 bits per heavy atom. The first-order valence-corrected chi connectivity index (χ1v) is 10.5. The molecule has 0 aliphatic heterocycles. The highest BCUT2D eigenvalue weighted by Gasteiger charge is 2.18. The van der Waals surface area contributed by atoms with Gasteiger partial charge in [-0.3, -0.25) is 4.79 Å². The third kappa shape index (κ3) is 5.20. The monoisotopic (exact) mass is 432 g/mol. The lowest BCUT2D eigenvalue weighted by atomic mass is 10.1. The fourth-order valence-corrected chi connectivity index (χ4v) is 3.87. The maximum absolute atomic E-state index is 13.3. The standard InChI is InChI=1S/C21H18ClFN2O3S/c1-14-7-9-17(29(27,28)24-13-15-5-3-2-4-6-15)12-18(14)21(26)25-16-8-10-20(23)19(22)11-16/h2-12,24H,13H2,1H3,(H,25,26). The first kappa shape index (κ1) is 21.0. The van der Waals surface area contributed by atoms with Crippen LogP contribution in [0.15, 0.2) is 71.6 Å². The minimum atomic E-state index is -3.82. The second kappa shape index (κ2) is 8.73. The number of hydrogen-bond donors (Lipinski definition) is 2. The zero-order chi connectivity index (χ0) is 21.0. The van der Waals surface area contributed by atoms with E-state index in [2.05, 4.69) is 10.0 Å². The summed E-state index contributed by atoms with van der Waals surface area (Å²) in [5.41, 5.74) is 1.90. The quantitative estimate of drug-likeness (QED) is 0.601. The molecule has 3 aromatic carbocycles. The van der Waals surface area contributed by atoms with Crippen LogP contribution in [0.25, 0.3) is 0 Å². The smallest absolute Gasteiger partial charge is 0.255 e. The van der Waals surface area contributed by atoms with Crippen molar-refractivity contribution >= 4 is 33.2 Å². The van der Waals surface area contributed by atoms with Crippen molar-refractivity contribution in [3.63, 3.8) is 0 Å². The Bertz CT molecular complexity index is 1150. The number of carbonyl (C=O) groups is 1. The van der Waals surface area contributed by atoms with Gasteiger partial charge in [0.05, 0.1) is 9.92 Å². The number of amides is 1. The highest BCUT2D eigenvalue weighted by molar-refractivity contribution is 7.89. The molecule has 8 heteroatoms. The van der Waals surface area contributed by atoms with Crippen molar-refractivity contribution in [1.82, 2.24) is 4.72 Å². The highest BCUT2D eigenvalue weighted by atomic mass is 35.5. The van der Waals surface area contributed by atoms with E-state index in [-0.39, 0.29) is 22.0 Å². The first-order valence-electron chi connectivity index (χ1n) is 8.67. The van der Waals surface area contributed by atoms with Gasteiger partial charge in [-0.05, 0) is 48.4 Å². The molecule has 3 aromatic rings. The van der Waals surface area contributed by atoms with Crippen molar-refractivity contribution in [2.24, 2.45) is 0 Å². The number of anilines is 1. The lowest BCUT2D eigenvalue weighted by Crippen LogP contribution is -2.24. The van der Waals surface area contributed by atoms with Crippen molar-refractivity contribution in [2.75, 3.05) is 5.32 Å². The van der Waals surface area contributed by atoms with E-state index in [1.807, 2.05) is 30.3 Å². The van der Waals surface area contributed by atoms with Gasteiger partial charge in [-0.1, -0.05) is 48.0 Å². The number of nitrogens with one attached hydrogen (secondary N) is 2. The molecule has 0 atom stereocenters. The van der Waals surface area contributed by atoms with Gasteiger partial charge in [0.25, 0.3) is 5.91 Å². The Hall–Kier alpha value is -2.74. The molecule has 0 bridgehead atoms. The van der Waals surface area contributed by atoms with Gasteiger partial charge >= 0.3 is 0 Å². The van der Waals surface area contributed by atoms with Gasteiger partial charge in [0.15, 0.2) is 0 Å². The van der Waals surface area contributed by atoms with Crippen molar-refractivity contribution in [3.8, 4) is 0 Å². The van der Waals surface area contributed by atoms with Crippen LogP contribution in [0.1, 0.15) is 21.5 Å². The summed E-state index contributed by atoms with van der Waals surface area (Å²) < 4.78 is 41.1. The minimum Gasteiger partial charge on any atom is -0.322 e. The second-order valence-corrected chi connectivity index (χ2v) is 8.54. The summed E-state index contributed by atoms with van der Waals surface area (Å²) >= 11 is 5.73. The average molecular weight is 433 g/mol. The topological polar surface area (TPSA) is 75.3 Å². The predicted molar refractivity (Wildman–Crippen MR) is 111 cm³/mol. The molecule has 3 rings (SSSR count). The summed E-state index contributed by atoms with van der Waals surface area (Å²) in [5.74, 6) is -1.12. The maximum Gasteiger partial charge on any atom is 0.255 e. The minimum absolute atomic E-state index is 0.0266. The van der Waals surface area contributed by atoms with Crippen molar-refractivity contribution < 1.29 is 17.6 Å². The van der Waals surface area contributed by atoms with E-state index in [4.69, 9.17) is 11.6 Å². The zero-order valence-corrected chi connectivity index (χ0v) is 17.0. The number of benzene rings is 3. The van der Waals surface area contributed by atoms with Crippen LogP contribution in [0.5, 0.6) is 0 Å². The van der Waals surface area contributed by atoms with Gasteiger partial charge in [0.2, 0.25) is 10.0 Å². The molecule has 0 fully saturated rings. The normalized spacial score (nSPS) is 11.3. The first-order chi connectivity index (χ1) is 13.8. The molecule has 1 amide bonds. The predicted octanol–water partition coefficient (Wildman–Crippen LogP) is 4.52. The van der Waals surface area contributed by atoms with Gasteiger partial charge in [-0.15, -0.1) is 0 Å². The van der Waals surface area contributed by atoms with Crippen molar-refractivity contribution in [2.45, 2.75) is 18.4 Å². The number of hydrogen-bond acceptors (Lipinski definition) is 3. The number of rotatable bonds is 6. The number of carbonyl (C=O) groups excluding carboxylic acids is 1. The van der Waals surface area contributed by atoms with Crippen LogP contribution in [0.3, 0.4) is 0 Å². The van der Waals surface area contributed by atoms with E-state index in [0.29, 0.717) is 11.3 Å². The van der Waals surface area contributed by atoms with Crippen LogP contribution in [0.4, 0.5) is 10.1 Å². The SMILES string of the molecule is Cc1ccc(S(=O)(=O)NCc2ccccc2)cc1C(=O)Nc1ccc(F)c(Cl)c1. The summed E-state index contributed by atoms with van der Waals surface area (Å²) in [4.78, 5) is 12.6. The van der Waals surface area contributed by atoms with Crippen molar-refractivity contribution in [3.05, 3.63) is 94.3 Å².